The Labute approximate surface area is 128 Å². The predicted molar refractivity (Wildman–Crippen MR) is 79.9 cm³/mol. The first-order valence-electron chi connectivity index (χ1n) is 5.90. The van der Waals surface area contributed by atoms with E-state index in [0.717, 1.165) is 6.07 Å². The summed E-state index contributed by atoms with van der Waals surface area (Å²) < 4.78 is 14.2. The van der Waals surface area contributed by atoms with Gasteiger partial charge in [0.1, 0.15) is 11.5 Å². The highest BCUT2D eigenvalue weighted by atomic mass is 79.9. The molecular weight excluding hydrogens is 343 g/mol. The summed E-state index contributed by atoms with van der Waals surface area (Å²) in [7, 11) is 0. The van der Waals surface area contributed by atoms with Crippen LogP contribution in [0.4, 0.5) is 15.8 Å². The highest BCUT2D eigenvalue weighted by molar-refractivity contribution is 9.10. The van der Waals surface area contributed by atoms with Crippen molar-refractivity contribution in [3.63, 3.8) is 0 Å². The number of anilines is 1. The number of benzene rings is 2. The van der Waals surface area contributed by atoms with Gasteiger partial charge >= 0.3 is 0 Å². The molecular formula is C14H10BrFN2O3. The number of hydrogen-bond donors (Lipinski definition) is 1. The molecule has 0 unspecified atom stereocenters. The maximum atomic E-state index is 13.7. The van der Waals surface area contributed by atoms with Crippen molar-refractivity contribution >= 4 is 33.2 Å². The zero-order valence-corrected chi connectivity index (χ0v) is 12.5. The Morgan fingerprint density at radius 2 is 2.00 bits per heavy atom. The Morgan fingerprint density at radius 1 is 1.29 bits per heavy atom. The van der Waals surface area contributed by atoms with Gasteiger partial charge < -0.3 is 5.32 Å². The zero-order chi connectivity index (χ0) is 15.6. The van der Waals surface area contributed by atoms with Crippen molar-refractivity contribution < 1.29 is 14.1 Å². The smallest absolute Gasteiger partial charge is 0.293 e. The van der Waals surface area contributed by atoms with Crippen molar-refractivity contribution in [2.75, 3.05) is 5.32 Å². The minimum absolute atomic E-state index is 0.0259. The lowest BCUT2D eigenvalue weighted by atomic mass is 10.1. The van der Waals surface area contributed by atoms with Crippen LogP contribution in [0.5, 0.6) is 0 Å². The number of hydrogen-bond acceptors (Lipinski definition) is 3. The van der Waals surface area contributed by atoms with E-state index in [9.17, 15) is 19.3 Å². The number of aryl methyl sites for hydroxylation is 1. The normalized spacial score (nSPS) is 10.2. The molecule has 0 radical (unpaired) electrons. The third kappa shape index (κ3) is 3.43. The number of nitro groups is 1. The SMILES string of the molecule is Cc1ccc(NC(=O)c2ccc(Br)cc2F)c([N+](=O)[O-])c1. The number of amides is 1. The van der Waals surface area contributed by atoms with E-state index in [0.29, 0.717) is 10.0 Å². The van der Waals surface area contributed by atoms with Crippen molar-refractivity contribution in [1.82, 2.24) is 0 Å². The van der Waals surface area contributed by atoms with Gasteiger partial charge in [0.05, 0.1) is 10.5 Å². The summed E-state index contributed by atoms with van der Waals surface area (Å²) in [5.74, 6) is -1.46. The molecule has 0 aliphatic heterocycles. The van der Waals surface area contributed by atoms with Gasteiger partial charge in [-0.05, 0) is 36.8 Å². The van der Waals surface area contributed by atoms with Gasteiger partial charge in [0.25, 0.3) is 11.6 Å². The molecule has 0 heterocycles. The fraction of sp³-hybridized carbons (Fsp3) is 0.0714. The fourth-order valence-electron chi connectivity index (χ4n) is 1.76. The van der Waals surface area contributed by atoms with Gasteiger partial charge in [-0.15, -0.1) is 0 Å². The standard InChI is InChI=1S/C14H10BrFN2O3/c1-8-2-5-12(13(6-8)18(20)21)17-14(19)10-4-3-9(15)7-11(10)16/h2-7H,1H3,(H,17,19). The minimum atomic E-state index is -0.744. The van der Waals surface area contributed by atoms with Crippen molar-refractivity contribution in [1.29, 1.82) is 0 Å². The Hall–Kier alpha value is -2.28. The second kappa shape index (κ2) is 6.01. The summed E-state index contributed by atoms with van der Waals surface area (Å²) in [6, 6.07) is 8.35. The Bertz CT molecular complexity index is 734. The second-order valence-electron chi connectivity index (χ2n) is 4.36. The van der Waals surface area contributed by atoms with Crippen LogP contribution in [0, 0.1) is 22.9 Å². The highest BCUT2D eigenvalue weighted by Gasteiger charge is 2.18. The number of nitrogens with zero attached hydrogens (tertiary/aromatic N) is 1. The molecule has 0 fully saturated rings. The molecule has 5 nitrogen and oxygen atoms in total. The molecule has 2 aromatic carbocycles. The molecule has 21 heavy (non-hydrogen) atoms. The van der Waals surface area contributed by atoms with Crippen molar-refractivity contribution in [3.05, 3.63) is 67.9 Å². The van der Waals surface area contributed by atoms with E-state index in [2.05, 4.69) is 21.2 Å². The van der Waals surface area contributed by atoms with Crippen LogP contribution in [0.15, 0.2) is 40.9 Å². The summed E-state index contributed by atoms with van der Waals surface area (Å²) in [6.45, 7) is 1.70. The number of carbonyl (C=O) groups is 1. The molecule has 2 rings (SSSR count). The van der Waals surface area contributed by atoms with Crippen LogP contribution in [-0.2, 0) is 0 Å². The zero-order valence-electron chi connectivity index (χ0n) is 10.9. The largest absolute Gasteiger partial charge is 0.316 e. The van der Waals surface area contributed by atoms with E-state index < -0.39 is 16.6 Å². The molecule has 0 saturated heterocycles. The molecule has 108 valence electrons. The van der Waals surface area contributed by atoms with Crippen LogP contribution >= 0.6 is 15.9 Å². The maximum absolute atomic E-state index is 13.7. The van der Waals surface area contributed by atoms with E-state index in [1.54, 1.807) is 13.0 Å². The van der Waals surface area contributed by atoms with Crippen molar-refractivity contribution in [2.45, 2.75) is 6.92 Å². The molecule has 0 atom stereocenters. The second-order valence-corrected chi connectivity index (χ2v) is 5.27. The van der Waals surface area contributed by atoms with Crippen molar-refractivity contribution in [2.24, 2.45) is 0 Å². The first kappa shape index (κ1) is 15.1. The Morgan fingerprint density at radius 3 is 2.62 bits per heavy atom. The van der Waals surface area contributed by atoms with Crippen LogP contribution in [0.3, 0.4) is 0 Å². The number of rotatable bonds is 3. The molecule has 0 spiro atoms. The monoisotopic (exact) mass is 352 g/mol. The number of halogens is 2. The lowest BCUT2D eigenvalue weighted by Gasteiger charge is -2.07. The molecule has 0 aliphatic rings. The average molecular weight is 353 g/mol. The predicted octanol–water partition coefficient (Wildman–Crippen LogP) is 4.06. The van der Waals surface area contributed by atoms with Crippen molar-refractivity contribution in [3.8, 4) is 0 Å². The van der Waals surface area contributed by atoms with E-state index in [1.165, 1.54) is 24.3 Å². The molecule has 7 heteroatoms. The third-order valence-corrected chi connectivity index (χ3v) is 3.27. The van der Waals surface area contributed by atoms with Gasteiger partial charge in [0.2, 0.25) is 0 Å². The van der Waals surface area contributed by atoms with Gasteiger partial charge in [-0.1, -0.05) is 22.0 Å². The first-order valence-corrected chi connectivity index (χ1v) is 6.69. The quantitative estimate of drug-likeness (QED) is 0.668. The number of carbonyl (C=O) groups excluding carboxylic acids is 1. The number of nitro benzene ring substituents is 1. The first-order chi connectivity index (χ1) is 9.88. The average Bonchev–Trinajstić information content (AvgIpc) is 2.40. The summed E-state index contributed by atoms with van der Waals surface area (Å²) in [5.41, 5.74) is 0.293. The molecule has 0 saturated carbocycles. The van der Waals surface area contributed by atoms with Crippen LogP contribution < -0.4 is 5.32 Å². The summed E-state index contributed by atoms with van der Waals surface area (Å²) in [6.07, 6.45) is 0. The minimum Gasteiger partial charge on any atom is -0.316 e. The third-order valence-electron chi connectivity index (χ3n) is 2.77. The summed E-state index contributed by atoms with van der Waals surface area (Å²) >= 11 is 3.09. The Kier molecular flexibility index (Phi) is 4.32. The van der Waals surface area contributed by atoms with Crippen LogP contribution in [-0.4, -0.2) is 10.8 Å². The van der Waals surface area contributed by atoms with Crippen LogP contribution in [0.1, 0.15) is 15.9 Å². The summed E-state index contributed by atoms with van der Waals surface area (Å²) in [4.78, 5) is 22.4. The lowest BCUT2D eigenvalue weighted by molar-refractivity contribution is -0.384. The van der Waals surface area contributed by atoms with Crippen LogP contribution in [0.2, 0.25) is 0 Å². The lowest BCUT2D eigenvalue weighted by Crippen LogP contribution is -2.14. The van der Waals surface area contributed by atoms with Gasteiger partial charge in [-0.25, -0.2) is 4.39 Å². The van der Waals surface area contributed by atoms with E-state index in [4.69, 9.17) is 0 Å². The van der Waals surface area contributed by atoms with Gasteiger partial charge in [0.15, 0.2) is 0 Å². The molecule has 0 aromatic heterocycles. The van der Waals surface area contributed by atoms with Gasteiger partial charge in [0, 0.05) is 10.5 Å². The van der Waals surface area contributed by atoms with Gasteiger partial charge in [-0.3, -0.25) is 14.9 Å². The summed E-state index contributed by atoms with van der Waals surface area (Å²) in [5, 5.41) is 13.3. The molecule has 2 aromatic rings. The fourth-order valence-corrected chi connectivity index (χ4v) is 2.09. The van der Waals surface area contributed by atoms with E-state index in [-0.39, 0.29) is 16.9 Å². The molecule has 0 aliphatic carbocycles. The molecule has 1 amide bonds. The topological polar surface area (TPSA) is 72.2 Å². The molecule has 1 N–H and O–H groups in total. The maximum Gasteiger partial charge on any atom is 0.293 e. The number of nitrogens with one attached hydrogen (secondary N) is 1. The molecule has 0 bridgehead atoms. The van der Waals surface area contributed by atoms with E-state index >= 15 is 0 Å². The van der Waals surface area contributed by atoms with Crippen LogP contribution in [0.25, 0.3) is 0 Å². The highest BCUT2D eigenvalue weighted by Crippen LogP contribution is 2.26. The van der Waals surface area contributed by atoms with E-state index in [1.807, 2.05) is 0 Å². The van der Waals surface area contributed by atoms with Gasteiger partial charge in [-0.2, -0.15) is 0 Å². The Balaban J connectivity index is 2.34.